The van der Waals surface area contributed by atoms with E-state index in [1.807, 2.05) is 6.08 Å². The highest BCUT2D eigenvalue weighted by Crippen LogP contribution is 2.38. The molecule has 34 heavy (non-hydrogen) atoms. The summed E-state index contributed by atoms with van der Waals surface area (Å²) in [5, 5.41) is 0. The number of halogens is 6. The minimum Gasteiger partial charge on any atom is -0.399 e. The summed E-state index contributed by atoms with van der Waals surface area (Å²) in [5.74, 6) is -5.34. The fourth-order valence-corrected chi connectivity index (χ4v) is 4.19. The van der Waals surface area contributed by atoms with Gasteiger partial charge in [-0.3, -0.25) is 0 Å². The maximum atomic E-state index is 15.3. The Morgan fingerprint density at radius 2 is 1.53 bits per heavy atom. The fraction of sp³-hybridized carbons (Fsp3) is 0.259. The molecule has 3 aromatic rings. The molecule has 0 saturated carbocycles. The normalized spacial score (nSPS) is 13.4. The third kappa shape index (κ3) is 5.13. The van der Waals surface area contributed by atoms with Crippen LogP contribution in [-0.2, 0) is 12.8 Å². The van der Waals surface area contributed by atoms with Crippen LogP contribution in [0.15, 0.2) is 48.5 Å². The molecule has 0 unspecified atom stereocenters. The Hall–Kier alpha value is -3.22. The van der Waals surface area contributed by atoms with E-state index >= 15 is 4.39 Å². The van der Waals surface area contributed by atoms with Crippen molar-refractivity contribution in [1.29, 1.82) is 0 Å². The summed E-state index contributed by atoms with van der Waals surface area (Å²) in [6.45, 7) is 2.15. The number of unbranched alkanes of at least 4 members (excludes halogenated alkanes) is 1. The summed E-state index contributed by atoms with van der Waals surface area (Å²) >= 11 is 0. The molecule has 0 aromatic heterocycles. The maximum absolute atomic E-state index is 15.3. The third-order valence-corrected chi connectivity index (χ3v) is 5.92. The van der Waals surface area contributed by atoms with Crippen molar-refractivity contribution in [1.82, 2.24) is 0 Å². The van der Waals surface area contributed by atoms with Crippen molar-refractivity contribution in [3.8, 4) is 16.9 Å². The molecule has 0 saturated heterocycles. The zero-order chi connectivity index (χ0) is 24.5. The van der Waals surface area contributed by atoms with Crippen LogP contribution in [0.25, 0.3) is 22.8 Å². The summed E-state index contributed by atoms with van der Waals surface area (Å²) < 4.78 is 84.1. The molecule has 0 bridgehead atoms. The lowest BCUT2D eigenvalue weighted by Crippen LogP contribution is -2.19. The van der Waals surface area contributed by atoms with Gasteiger partial charge in [0.2, 0.25) is 5.75 Å². The molecular formula is C27H22F6O. The average Bonchev–Trinajstić information content (AvgIpc) is 2.80. The van der Waals surface area contributed by atoms with Crippen LogP contribution in [0.3, 0.4) is 0 Å². The summed E-state index contributed by atoms with van der Waals surface area (Å²) in [5.41, 5.74) is 4.15. The van der Waals surface area contributed by atoms with E-state index in [9.17, 15) is 22.0 Å². The summed E-state index contributed by atoms with van der Waals surface area (Å²) in [4.78, 5) is 0. The second kappa shape index (κ2) is 9.57. The zero-order valence-electron chi connectivity index (χ0n) is 18.4. The van der Waals surface area contributed by atoms with Gasteiger partial charge >= 0.3 is 6.36 Å². The van der Waals surface area contributed by atoms with Gasteiger partial charge in [0.1, 0.15) is 5.82 Å². The van der Waals surface area contributed by atoms with Crippen molar-refractivity contribution < 1.29 is 31.1 Å². The summed E-state index contributed by atoms with van der Waals surface area (Å²) in [6, 6.07) is 12.6. The highest BCUT2D eigenvalue weighted by atomic mass is 19.4. The maximum Gasteiger partial charge on any atom is 0.573 e. The van der Waals surface area contributed by atoms with Crippen LogP contribution in [0.1, 0.15) is 48.4 Å². The number of hydrogen-bond donors (Lipinski definition) is 0. The first kappa shape index (κ1) is 23.9. The van der Waals surface area contributed by atoms with Crippen molar-refractivity contribution in [2.75, 3.05) is 0 Å². The molecule has 1 nitrogen and oxygen atoms in total. The molecule has 0 atom stereocenters. The lowest BCUT2D eigenvalue weighted by molar-refractivity contribution is -0.276. The van der Waals surface area contributed by atoms with Gasteiger partial charge in [-0.2, -0.15) is 0 Å². The van der Waals surface area contributed by atoms with Crippen LogP contribution < -0.4 is 4.74 Å². The van der Waals surface area contributed by atoms with E-state index in [1.165, 1.54) is 11.6 Å². The molecule has 0 N–H and O–H groups in total. The minimum atomic E-state index is -5.25. The van der Waals surface area contributed by atoms with Gasteiger partial charge in [0.05, 0.1) is 0 Å². The second-order valence-electron chi connectivity index (χ2n) is 8.28. The van der Waals surface area contributed by atoms with Gasteiger partial charge in [0.25, 0.3) is 0 Å². The Kier molecular flexibility index (Phi) is 6.73. The molecule has 0 fully saturated rings. The topological polar surface area (TPSA) is 9.23 Å². The Labute approximate surface area is 193 Å². The molecule has 178 valence electrons. The average molecular weight is 476 g/mol. The van der Waals surface area contributed by atoms with Gasteiger partial charge in [-0.15, -0.1) is 13.2 Å². The third-order valence-electron chi connectivity index (χ3n) is 5.92. The van der Waals surface area contributed by atoms with Crippen LogP contribution >= 0.6 is 0 Å². The number of allylic oxidation sites excluding steroid dienone is 1. The second-order valence-corrected chi connectivity index (χ2v) is 8.28. The number of hydrogen-bond acceptors (Lipinski definition) is 1. The number of benzene rings is 3. The van der Waals surface area contributed by atoms with Crippen LogP contribution in [0, 0.1) is 17.5 Å². The SMILES string of the molecule is CCCCc1ccc(C2=Cc3ccc(-c4cc(F)c(OC(F)(F)F)c(F)c4)c(F)c3CC2)cc1. The summed E-state index contributed by atoms with van der Waals surface area (Å²) in [6.07, 6.45) is 0.901. The molecule has 0 spiro atoms. The highest BCUT2D eigenvalue weighted by Gasteiger charge is 2.34. The first-order valence-corrected chi connectivity index (χ1v) is 11.0. The zero-order valence-corrected chi connectivity index (χ0v) is 18.4. The minimum absolute atomic E-state index is 0.0905. The number of rotatable bonds is 6. The Morgan fingerprint density at radius 3 is 2.15 bits per heavy atom. The predicted molar refractivity (Wildman–Crippen MR) is 120 cm³/mol. The standard InChI is InChI=1S/C27H22F6O/c1-2-3-4-16-5-7-17(8-6-16)18-9-11-21-19(13-18)10-12-22(25(21)30)20-14-23(28)26(24(29)15-20)34-27(31,32)33/h5-8,10,12-15H,2-4,9,11H2,1H3. The van der Waals surface area contributed by atoms with Gasteiger partial charge < -0.3 is 4.74 Å². The van der Waals surface area contributed by atoms with Gasteiger partial charge in [-0.05, 0) is 71.2 Å². The van der Waals surface area contributed by atoms with E-state index in [-0.39, 0.29) is 11.1 Å². The molecule has 4 rings (SSSR count). The lowest BCUT2D eigenvalue weighted by atomic mass is 9.86. The quantitative estimate of drug-likeness (QED) is 0.324. The van der Waals surface area contributed by atoms with E-state index in [2.05, 4.69) is 35.9 Å². The molecule has 7 heteroatoms. The van der Waals surface area contributed by atoms with Crippen LogP contribution in [0.2, 0.25) is 0 Å². The van der Waals surface area contributed by atoms with E-state index in [0.29, 0.717) is 36.1 Å². The largest absolute Gasteiger partial charge is 0.573 e. The fourth-order valence-electron chi connectivity index (χ4n) is 4.19. The predicted octanol–water partition coefficient (Wildman–Crippen LogP) is 8.50. The van der Waals surface area contributed by atoms with E-state index in [0.717, 1.165) is 30.4 Å². The molecule has 3 aromatic carbocycles. The van der Waals surface area contributed by atoms with E-state index < -0.39 is 29.6 Å². The van der Waals surface area contributed by atoms with Gasteiger partial charge in [0, 0.05) is 5.56 Å². The number of ether oxygens (including phenoxy) is 1. The van der Waals surface area contributed by atoms with Gasteiger partial charge in [-0.1, -0.05) is 55.8 Å². The van der Waals surface area contributed by atoms with E-state index in [4.69, 9.17) is 0 Å². The summed E-state index contributed by atoms with van der Waals surface area (Å²) in [7, 11) is 0. The van der Waals surface area contributed by atoms with Crippen molar-refractivity contribution in [3.05, 3.63) is 88.2 Å². The molecular weight excluding hydrogens is 454 g/mol. The van der Waals surface area contributed by atoms with E-state index in [1.54, 1.807) is 6.07 Å². The van der Waals surface area contributed by atoms with Crippen LogP contribution in [-0.4, -0.2) is 6.36 Å². The Bertz CT molecular complexity index is 1200. The molecule has 0 amide bonds. The monoisotopic (exact) mass is 476 g/mol. The molecule has 0 radical (unpaired) electrons. The van der Waals surface area contributed by atoms with Crippen molar-refractivity contribution in [3.63, 3.8) is 0 Å². The first-order valence-electron chi connectivity index (χ1n) is 11.0. The van der Waals surface area contributed by atoms with Crippen molar-refractivity contribution in [2.24, 2.45) is 0 Å². The number of fused-ring (bicyclic) bond motifs is 1. The van der Waals surface area contributed by atoms with Crippen LogP contribution in [0.5, 0.6) is 5.75 Å². The molecule has 0 heterocycles. The number of alkyl halides is 3. The number of aryl methyl sites for hydroxylation is 1. The molecule has 0 aliphatic heterocycles. The Balaban J connectivity index is 1.63. The Morgan fingerprint density at radius 1 is 0.853 bits per heavy atom. The van der Waals surface area contributed by atoms with Gasteiger partial charge in [-0.25, -0.2) is 13.2 Å². The smallest absolute Gasteiger partial charge is 0.399 e. The van der Waals surface area contributed by atoms with Crippen molar-refractivity contribution >= 4 is 11.6 Å². The first-order chi connectivity index (χ1) is 16.2. The molecule has 1 aliphatic carbocycles. The lowest BCUT2D eigenvalue weighted by Gasteiger charge is -2.20. The highest BCUT2D eigenvalue weighted by molar-refractivity contribution is 5.85. The van der Waals surface area contributed by atoms with Gasteiger partial charge in [0.15, 0.2) is 11.6 Å². The molecule has 1 aliphatic rings. The van der Waals surface area contributed by atoms with Crippen LogP contribution in [0.4, 0.5) is 26.3 Å². The van der Waals surface area contributed by atoms with Crippen molar-refractivity contribution in [2.45, 2.75) is 45.4 Å².